The maximum Gasteiger partial charge on any atom is 0.410 e. The topological polar surface area (TPSA) is 58.6 Å². The van der Waals surface area contributed by atoms with Crippen molar-refractivity contribution in [3.63, 3.8) is 0 Å². The minimum absolute atomic E-state index is 0.0305. The van der Waals surface area contributed by atoms with E-state index < -0.39 is 5.60 Å². The van der Waals surface area contributed by atoms with Gasteiger partial charge in [-0.3, -0.25) is 4.79 Å². The van der Waals surface area contributed by atoms with Gasteiger partial charge in [-0.25, -0.2) is 4.79 Å². The van der Waals surface area contributed by atoms with Crippen molar-refractivity contribution in [1.29, 1.82) is 0 Å². The Hall–Kier alpha value is -2.04. The van der Waals surface area contributed by atoms with Gasteiger partial charge in [0.1, 0.15) is 5.60 Å². The fourth-order valence-electron chi connectivity index (χ4n) is 3.92. The number of ether oxygens (including phenoxy) is 1. The van der Waals surface area contributed by atoms with Crippen LogP contribution in [0.2, 0.25) is 0 Å². The number of amides is 2. The summed E-state index contributed by atoms with van der Waals surface area (Å²) in [5.41, 5.74) is 1.46. The van der Waals surface area contributed by atoms with Crippen LogP contribution in [0.25, 0.3) is 0 Å². The summed E-state index contributed by atoms with van der Waals surface area (Å²) >= 11 is 0. The molecule has 1 aliphatic rings. The van der Waals surface area contributed by atoms with Crippen LogP contribution >= 0.6 is 0 Å². The zero-order valence-corrected chi connectivity index (χ0v) is 20.0. The van der Waals surface area contributed by atoms with Crippen LogP contribution in [0.1, 0.15) is 101 Å². The number of rotatable bonds is 11. The Morgan fingerprint density at radius 1 is 1.00 bits per heavy atom. The molecule has 2 rings (SSSR count). The van der Waals surface area contributed by atoms with Gasteiger partial charge in [-0.05, 0) is 57.7 Å². The van der Waals surface area contributed by atoms with E-state index in [2.05, 4.69) is 24.4 Å². The monoisotopic (exact) mass is 430 g/mol. The first kappa shape index (κ1) is 25.2. The molecule has 0 saturated carbocycles. The largest absolute Gasteiger partial charge is 0.444 e. The molecule has 0 aliphatic carbocycles. The summed E-state index contributed by atoms with van der Waals surface area (Å²) < 4.78 is 5.42. The number of nitrogens with zero attached hydrogens (tertiary/aromatic N) is 1. The van der Waals surface area contributed by atoms with Crippen molar-refractivity contribution >= 4 is 12.0 Å². The van der Waals surface area contributed by atoms with Crippen LogP contribution < -0.4 is 5.32 Å². The van der Waals surface area contributed by atoms with E-state index >= 15 is 0 Å². The molecule has 0 bridgehead atoms. The van der Waals surface area contributed by atoms with Crippen LogP contribution in [0.5, 0.6) is 0 Å². The number of likely N-dealkylation sites (tertiary alicyclic amines) is 1. The van der Waals surface area contributed by atoms with Gasteiger partial charge in [0.05, 0.1) is 0 Å². The predicted molar refractivity (Wildman–Crippen MR) is 126 cm³/mol. The summed E-state index contributed by atoms with van der Waals surface area (Å²) in [4.78, 5) is 26.4. The highest BCUT2D eigenvalue weighted by Crippen LogP contribution is 2.16. The molecule has 0 spiro atoms. The third kappa shape index (κ3) is 9.75. The van der Waals surface area contributed by atoms with Crippen LogP contribution in [0.4, 0.5) is 4.79 Å². The number of aryl methyl sites for hydroxylation is 1. The van der Waals surface area contributed by atoms with Gasteiger partial charge in [-0.15, -0.1) is 0 Å². The van der Waals surface area contributed by atoms with Crippen LogP contribution in [0.15, 0.2) is 24.3 Å². The number of carbonyl (C=O) groups is 2. The van der Waals surface area contributed by atoms with Crippen LogP contribution in [-0.2, 0) is 11.2 Å². The molecular formula is C26H42N2O3. The van der Waals surface area contributed by atoms with Crippen molar-refractivity contribution in [3.8, 4) is 0 Å². The summed E-state index contributed by atoms with van der Waals surface area (Å²) in [6.07, 6.45) is 12.1. The van der Waals surface area contributed by atoms with Gasteiger partial charge in [-0.1, -0.05) is 64.0 Å². The van der Waals surface area contributed by atoms with E-state index in [1.165, 1.54) is 56.9 Å². The highest BCUT2D eigenvalue weighted by atomic mass is 16.6. The maximum absolute atomic E-state index is 12.6. The smallest absolute Gasteiger partial charge is 0.410 e. The number of carbonyl (C=O) groups excluding carboxylic acids is 2. The number of hydrogen-bond acceptors (Lipinski definition) is 3. The van der Waals surface area contributed by atoms with Gasteiger partial charge in [0.15, 0.2) is 0 Å². The standard InChI is InChI=1S/C26H42N2O3/c1-5-6-7-8-9-10-11-12-13-21-14-16-22(17-15-21)24(29)27-23-18-19-28(20-23)25(30)31-26(2,3)4/h14-17,23H,5-13,18-20H2,1-4H3,(H,27,29)/t23-/m1/s1. The molecule has 5 heteroatoms. The Balaban J connectivity index is 1.67. The van der Waals surface area contributed by atoms with Crippen molar-refractivity contribution in [1.82, 2.24) is 10.2 Å². The van der Waals surface area contributed by atoms with Crippen LogP contribution in [0, 0.1) is 0 Å². The van der Waals surface area contributed by atoms with E-state index in [-0.39, 0.29) is 18.0 Å². The Morgan fingerprint density at radius 3 is 2.23 bits per heavy atom. The molecule has 174 valence electrons. The molecule has 2 amide bonds. The minimum atomic E-state index is -0.505. The van der Waals surface area contributed by atoms with Crippen LogP contribution in [0.3, 0.4) is 0 Å². The highest BCUT2D eigenvalue weighted by molar-refractivity contribution is 5.94. The Kier molecular flexibility index (Phi) is 10.4. The summed E-state index contributed by atoms with van der Waals surface area (Å²) in [5.74, 6) is -0.0744. The molecule has 1 aromatic rings. The second-order valence-electron chi connectivity index (χ2n) is 9.81. The molecule has 0 aromatic heterocycles. The van der Waals surface area contributed by atoms with E-state index in [0.29, 0.717) is 18.7 Å². The maximum atomic E-state index is 12.6. The molecule has 1 fully saturated rings. The molecule has 0 radical (unpaired) electrons. The lowest BCUT2D eigenvalue weighted by atomic mass is 10.0. The molecule has 31 heavy (non-hydrogen) atoms. The fourth-order valence-corrected chi connectivity index (χ4v) is 3.92. The first-order valence-electron chi connectivity index (χ1n) is 12.2. The molecule has 0 unspecified atom stereocenters. The van der Waals surface area contributed by atoms with E-state index in [9.17, 15) is 9.59 Å². The van der Waals surface area contributed by atoms with Gasteiger partial charge in [0, 0.05) is 24.7 Å². The van der Waals surface area contributed by atoms with Gasteiger partial charge >= 0.3 is 6.09 Å². The molecule has 1 aromatic carbocycles. The summed E-state index contributed by atoms with van der Waals surface area (Å²) in [7, 11) is 0. The second kappa shape index (κ2) is 12.7. The molecule has 1 N–H and O–H groups in total. The van der Waals surface area contributed by atoms with E-state index in [1.807, 2.05) is 32.9 Å². The lowest BCUT2D eigenvalue weighted by Gasteiger charge is -2.24. The highest BCUT2D eigenvalue weighted by Gasteiger charge is 2.30. The fraction of sp³-hybridized carbons (Fsp3) is 0.692. The van der Waals surface area contributed by atoms with Gasteiger partial charge in [-0.2, -0.15) is 0 Å². The number of benzene rings is 1. The average molecular weight is 431 g/mol. The minimum Gasteiger partial charge on any atom is -0.444 e. The van der Waals surface area contributed by atoms with Crippen LogP contribution in [-0.4, -0.2) is 41.6 Å². The zero-order chi connectivity index (χ0) is 22.7. The summed E-state index contributed by atoms with van der Waals surface area (Å²) in [6.45, 7) is 8.94. The Morgan fingerprint density at radius 2 is 1.61 bits per heavy atom. The number of hydrogen-bond donors (Lipinski definition) is 1. The van der Waals surface area contributed by atoms with Crippen molar-refractivity contribution in [2.45, 2.75) is 104 Å². The second-order valence-corrected chi connectivity index (χ2v) is 9.81. The summed E-state index contributed by atoms with van der Waals surface area (Å²) in [6, 6.07) is 7.93. The quantitative estimate of drug-likeness (QED) is 0.431. The average Bonchev–Trinajstić information content (AvgIpc) is 3.18. The predicted octanol–water partition coefficient (Wildman–Crippen LogP) is 6.11. The third-order valence-corrected chi connectivity index (χ3v) is 5.71. The van der Waals surface area contributed by atoms with Gasteiger partial charge < -0.3 is 15.0 Å². The number of unbranched alkanes of at least 4 members (excludes halogenated alkanes) is 7. The van der Waals surface area contributed by atoms with E-state index in [1.54, 1.807) is 4.90 Å². The molecule has 5 nitrogen and oxygen atoms in total. The van der Waals surface area contributed by atoms with Crippen molar-refractivity contribution in [2.24, 2.45) is 0 Å². The Labute approximate surface area is 188 Å². The van der Waals surface area contributed by atoms with Crippen molar-refractivity contribution in [3.05, 3.63) is 35.4 Å². The molecule has 1 heterocycles. The normalized spacial score (nSPS) is 16.4. The van der Waals surface area contributed by atoms with Gasteiger partial charge in [0.25, 0.3) is 5.91 Å². The lowest BCUT2D eigenvalue weighted by Crippen LogP contribution is -2.40. The van der Waals surface area contributed by atoms with E-state index in [4.69, 9.17) is 4.74 Å². The first-order valence-corrected chi connectivity index (χ1v) is 12.2. The molecular weight excluding hydrogens is 388 g/mol. The molecule has 1 saturated heterocycles. The van der Waals surface area contributed by atoms with Gasteiger partial charge in [0.2, 0.25) is 0 Å². The Bertz CT molecular complexity index is 679. The SMILES string of the molecule is CCCCCCCCCCc1ccc(C(=O)N[C@@H]2CCN(C(=O)OC(C)(C)C)C2)cc1. The third-order valence-electron chi connectivity index (χ3n) is 5.71. The summed E-state index contributed by atoms with van der Waals surface area (Å²) in [5, 5.41) is 3.05. The molecule has 1 aliphatic heterocycles. The van der Waals surface area contributed by atoms with Crippen molar-refractivity contribution < 1.29 is 14.3 Å². The molecule has 1 atom stereocenters. The number of nitrogens with one attached hydrogen (secondary N) is 1. The first-order chi connectivity index (χ1) is 14.8. The van der Waals surface area contributed by atoms with E-state index in [0.717, 1.165) is 12.8 Å². The lowest BCUT2D eigenvalue weighted by molar-refractivity contribution is 0.0290. The zero-order valence-electron chi connectivity index (χ0n) is 20.0. The van der Waals surface area contributed by atoms with Crippen molar-refractivity contribution in [2.75, 3.05) is 13.1 Å².